The quantitative estimate of drug-likeness (QED) is 0.427. The number of carbonyl (C=O) groups is 1. The molecule has 8 nitrogen and oxygen atoms in total. The Bertz CT molecular complexity index is 850. The van der Waals surface area contributed by atoms with Crippen LogP contribution in [0.5, 0.6) is 5.75 Å². The predicted octanol–water partition coefficient (Wildman–Crippen LogP) is 2.13. The highest BCUT2D eigenvalue weighted by Crippen LogP contribution is 2.24. The van der Waals surface area contributed by atoms with E-state index in [-0.39, 0.29) is 19.0 Å². The molecule has 2 aromatic carbocycles. The van der Waals surface area contributed by atoms with Gasteiger partial charge in [-0.1, -0.05) is 63.6 Å². The Kier molecular flexibility index (Phi) is 11.5. The summed E-state index contributed by atoms with van der Waals surface area (Å²) in [7, 11) is 0. The topological polar surface area (TPSA) is 126 Å². The minimum Gasteiger partial charge on any atom is -0.462 e. The lowest BCUT2D eigenvalue weighted by atomic mass is 9.99. The summed E-state index contributed by atoms with van der Waals surface area (Å²) in [6.07, 6.45) is -4.33. The summed E-state index contributed by atoms with van der Waals surface area (Å²) >= 11 is 0. The van der Waals surface area contributed by atoms with Crippen molar-refractivity contribution in [2.24, 2.45) is 0 Å². The molecule has 1 saturated heterocycles. The van der Waals surface area contributed by atoms with Crippen LogP contribution >= 0.6 is 0 Å². The lowest BCUT2D eigenvalue weighted by Gasteiger charge is -2.39. The molecule has 4 N–H and O–H groups in total. The number of aliphatic hydroxyl groups is 4. The number of aliphatic hydroxyl groups excluding tert-OH is 4. The number of esters is 1. The van der Waals surface area contributed by atoms with E-state index >= 15 is 0 Å². The largest absolute Gasteiger partial charge is 0.462 e. The van der Waals surface area contributed by atoms with Crippen LogP contribution < -0.4 is 4.74 Å². The van der Waals surface area contributed by atoms with Crippen molar-refractivity contribution in [1.29, 1.82) is 0 Å². The van der Waals surface area contributed by atoms with Gasteiger partial charge in [0.1, 0.15) is 36.8 Å². The van der Waals surface area contributed by atoms with Crippen LogP contribution in [-0.4, -0.2) is 63.7 Å². The van der Waals surface area contributed by atoms with Gasteiger partial charge >= 0.3 is 5.97 Å². The van der Waals surface area contributed by atoms with Gasteiger partial charge in [-0.15, -0.1) is 0 Å². The molecule has 0 saturated carbocycles. The molecule has 5 atom stereocenters. The third-order valence-corrected chi connectivity index (χ3v) is 5.20. The van der Waals surface area contributed by atoms with E-state index in [2.05, 4.69) is 20.8 Å². The van der Waals surface area contributed by atoms with E-state index in [9.17, 15) is 25.2 Å². The fourth-order valence-electron chi connectivity index (χ4n) is 3.24. The third kappa shape index (κ3) is 8.07. The van der Waals surface area contributed by atoms with Crippen LogP contribution in [0.3, 0.4) is 0 Å². The minimum absolute atomic E-state index is 0.103. The molecule has 0 aromatic heterocycles. The minimum atomic E-state index is -1.51. The number of aryl methyl sites for hydroxylation is 1. The first-order chi connectivity index (χ1) is 16.3. The molecule has 8 heteroatoms. The van der Waals surface area contributed by atoms with Gasteiger partial charge in [-0.05, 0) is 35.2 Å². The Balaban J connectivity index is 0.00000129. The van der Waals surface area contributed by atoms with Crippen molar-refractivity contribution < 1.29 is 39.4 Å². The first-order valence-corrected chi connectivity index (χ1v) is 11.6. The molecule has 2 aromatic rings. The van der Waals surface area contributed by atoms with Crippen molar-refractivity contribution in [3.63, 3.8) is 0 Å². The summed E-state index contributed by atoms with van der Waals surface area (Å²) < 4.78 is 16.2. The van der Waals surface area contributed by atoms with Gasteiger partial charge in [0, 0.05) is 0 Å². The van der Waals surface area contributed by atoms with Gasteiger partial charge in [0.2, 0.25) is 6.29 Å². The predicted molar refractivity (Wildman–Crippen MR) is 126 cm³/mol. The van der Waals surface area contributed by atoms with Crippen LogP contribution in [0.1, 0.15) is 43.9 Å². The summed E-state index contributed by atoms with van der Waals surface area (Å²) in [6.45, 7) is 5.90. The van der Waals surface area contributed by atoms with E-state index in [1.165, 1.54) is 12.0 Å². The first kappa shape index (κ1) is 27.8. The molecule has 2 unspecified atom stereocenters. The van der Waals surface area contributed by atoms with Gasteiger partial charge in [0.15, 0.2) is 0 Å². The van der Waals surface area contributed by atoms with Crippen molar-refractivity contribution in [3.05, 3.63) is 65.2 Å². The van der Waals surface area contributed by atoms with Gasteiger partial charge < -0.3 is 34.6 Å². The number of ether oxygens (including phenoxy) is 3. The van der Waals surface area contributed by atoms with Gasteiger partial charge in [-0.2, -0.15) is 0 Å². The van der Waals surface area contributed by atoms with Crippen molar-refractivity contribution in [2.75, 3.05) is 6.61 Å². The van der Waals surface area contributed by atoms with E-state index in [1.54, 1.807) is 24.3 Å². The molecule has 0 amide bonds. The molecule has 1 aliphatic heterocycles. The molecule has 3 rings (SSSR count). The molecule has 0 aliphatic carbocycles. The molecule has 34 heavy (non-hydrogen) atoms. The smallest absolute Gasteiger partial charge is 0.310 e. The fourth-order valence-corrected chi connectivity index (χ4v) is 3.24. The average Bonchev–Trinajstić information content (AvgIpc) is 2.85. The summed E-state index contributed by atoms with van der Waals surface area (Å²) in [5.41, 5.74) is 2.85. The van der Waals surface area contributed by atoms with Crippen molar-refractivity contribution in [3.8, 4) is 5.75 Å². The number of hydrogen-bond donors (Lipinski definition) is 4. The van der Waals surface area contributed by atoms with Crippen LogP contribution in [0.2, 0.25) is 0 Å². The Hall–Kier alpha value is -2.49. The summed E-state index contributed by atoms with van der Waals surface area (Å²) in [5.74, 6) is 0.0151. The van der Waals surface area contributed by atoms with E-state index in [1.807, 2.05) is 24.3 Å². The van der Waals surface area contributed by atoms with Gasteiger partial charge in [0.05, 0.1) is 13.0 Å². The first-order valence-electron chi connectivity index (χ1n) is 11.6. The summed E-state index contributed by atoms with van der Waals surface area (Å²) in [6, 6.07) is 14.4. The zero-order chi connectivity index (χ0) is 25.1. The maximum absolute atomic E-state index is 12.1. The third-order valence-electron chi connectivity index (χ3n) is 5.20. The molecule has 0 spiro atoms. The van der Waals surface area contributed by atoms with Crippen molar-refractivity contribution in [2.45, 2.75) is 77.3 Å². The zero-order valence-corrected chi connectivity index (χ0v) is 20.0. The molecule has 1 aliphatic rings. The maximum Gasteiger partial charge on any atom is 0.310 e. The Labute approximate surface area is 200 Å². The van der Waals surface area contributed by atoms with Crippen LogP contribution in [0, 0.1) is 0 Å². The summed E-state index contributed by atoms with van der Waals surface area (Å²) in [4.78, 5) is 12.1. The van der Waals surface area contributed by atoms with Crippen LogP contribution in [0.15, 0.2) is 48.5 Å². The monoisotopic (exact) mass is 476 g/mol. The second-order valence-corrected chi connectivity index (χ2v) is 8.17. The molecule has 188 valence electrons. The maximum atomic E-state index is 12.1. The second kappa shape index (κ2) is 14.0. The van der Waals surface area contributed by atoms with Gasteiger partial charge in [0.25, 0.3) is 0 Å². The highest BCUT2D eigenvalue weighted by Gasteiger charge is 2.44. The van der Waals surface area contributed by atoms with Crippen LogP contribution in [0.4, 0.5) is 0 Å². The van der Waals surface area contributed by atoms with Crippen LogP contribution in [-0.2, 0) is 33.7 Å². The highest BCUT2D eigenvalue weighted by molar-refractivity contribution is 5.72. The lowest BCUT2D eigenvalue weighted by Crippen LogP contribution is -2.60. The zero-order valence-electron chi connectivity index (χ0n) is 20.0. The molecule has 0 radical (unpaired) electrons. The second-order valence-electron chi connectivity index (χ2n) is 8.17. The highest BCUT2D eigenvalue weighted by atomic mass is 16.7. The summed E-state index contributed by atoms with van der Waals surface area (Å²) in [5, 5.41) is 38.9. The number of rotatable bonds is 8. The Morgan fingerprint density at radius 3 is 1.97 bits per heavy atom. The Morgan fingerprint density at radius 1 is 0.853 bits per heavy atom. The number of carbonyl (C=O) groups excluding carboxylic acids is 1. The standard InChI is InChI=1S/C23H28O8.C3H8/c1-2-14-3-5-15(6-4-14)11-19(25)29-13-16-7-9-17(10-8-16)30-23-22(28)21(27)20(26)18(12-24)31-23;1-3-2/h3-10,18,20-24,26-28H,2,11-13H2,1H3;3H2,1-2H3/t18?,20-,21?,22-,23+;/m0./s1. The van der Waals surface area contributed by atoms with E-state index < -0.39 is 37.3 Å². The molecule has 1 heterocycles. The fraction of sp³-hybridized carbons (Fsp3) is 0.500. The van der Waals surface area contributed by atoms with Crippen molar-refractivity contribution in [1.82, 2.24) is 0 Å². The Morgan fingerprint density at radius 2 is 1.41 bits per heavy atom. The van der Waals surface area contributed by atoms with Crippen LogP contribution in [0.25, 0.3) is 0 Å². The van der Waals surface area contributed by atoms with E-state index in [0.29, 0.717) is 5.75 Å². The molecule has 0 bridgehead atoms. The van der Waals surface area contributed by atoms with Gasteiger partial charge in [-0.3, -0.25) is 4.79 Å². The molecular weight excluding hydrogens is 440 g/mol. The average molecular weight is 477 g/mol. The number of benzene rings is 2. The number of hydrogen-bond acceptors (Lipinski definition) is 8. The molecule has 1 fully saturated rings. The van der Waals surface area contributed by atoms with Crippen molar-refractivity contribution >= 4 is 5.97 Å². The van der Waals surface area contributed by atoms with E-state index in [0.717, 1.165) is 17.5 Å². The van der Waals surface area contributed by atoms with Gasteiger partial charge in [-0.25, -0.2) is 0 Å². The lowest BCUT2D eigenvalue weighted by molar-refractivity contribution is -0.277. The van der Waals surface area contributed by atoms with E-state index in [4.69, 9.17) is 14.2 Å². The SMILES string of the molecule is CCC.CCc1ccc(CC(=O)OCc2ccc(O[C@@H]3OC(CO)[C@H](O)C(O)[C@@H]3O)cc2)cc1. The molecular formula is C26H36O8. The normalized spacial score (nSPS) is 24.0.